The molecule has 41 heavy (non-hydrogen) atoms. The van der Waals surface area contributed by atoms with Crippen molar-refractivity contribution in [3.63, 3.8) is 0 Å². The van der Waals surface area contributed by atoms with Crippen molar-refractivity contribution in [2.24, 2.45) is 0 Å². The van der Waals surface area contributed by atoms with Crippen molar-refractivity contribution in [3.05, 3.63) is 70.7 Å². The van der Waals surface area contributed by atoms with E-state index >= 15 is 0 Å². The highest BCUT2D eigenvalue weighted by Crippen LogP contribution is 2.22. The second kappa shape index (κ2) is 13.4. The van der Waals surface area contributed by atoms with Crippen LogP contribution in [0.2, 0.25) is 5.15 Å². The number of aromatic nitrogens is 5. The van der Waals surface area contributed by atoms with Gasteiger partial charge in [0.15, 0.2) is 29.2 Å². The predicted molar refractivity (Wildman–Crippen MR) is 156 cm³/mol. The second-order valence-electron chi connectivity index (χ2n) is 9.54. The number of carbonyl (C=O) groups excluding carboxylic acids is 2. The predicted octanol–water partition coefficient (Wildman–Crippen LogP) is 3.45. The minimum Gasteiger partial charge on any atom is -0.484 e. The minimum atomic E-state index is -0.465. The fourth-order valence-electron chi connectivity index (χ4n) is 4.83. The van der Waals surface area contributed by atoms with Crippen LogP contribution in [0.1, 0.15) is 54.9 Å². The topological polar surface area (TPSA) is 132 Å². The quantitative estimate of drug-likeness (QED) is 0.246. The first-order valence-electron chi connectivity index (χ1n) is 13.7. The Bertz CT molecular complexity index is 1550. The van der Waals surface area contributed by atoms with Crippen molar-refractivity contribution < 1.29 is 18.9 Å². The van der Waals surface area contributed by atoms with Gasteiger partial charge < -0.3 is 20.7 Å². The highest BCUT2D eigenvalue weighted by atomic mass is 35.5. The van der Waals surface area contributed by atoms with Crippen LogP contribution in [-0.4, -0.2) is 49.4 Å². The smallest absolute Gasteiger partial charge is 0.277 e. The number of imidazole rings is 1. The Hall–Kier alpha value is -4.25. The molecule has 3 aromatic heterocycles. The van der Waals surface area contributed by atoms with Crippen LogP contribution in [-0.2, 0) is 31.0 Å². The highest BCUT2D eigenvalue weighted by Gasteiger charge is 2.25. The number of fused-ring (bicyclic) bond motifs is 1. The molecule has 4 aromatic rings. The number of nitrogen functional groups attached to an aromatic ring is 1. The molecule has 0 aliphatic rings. The maximum absolute atomic E-state index is 13.1. The number of aryl methyl sites for hydroxylation is 3. The monoisotopic (exact) mass is 579 g/mol. The van der Waals surface area contributed by atoms with Crippen LogP contribution in [0.25, 0.3) is 11.0 Å². The summed E-state index contributed by atoms with van der Waals surface area (Å²) in [7, 11) is 0. The van der Waals surface area contributed by atoms with E-state index in [0.717, 1.165) is 34.7 Å². The number of hydrogen-bond donors (Lipinski definition) is 2. The SMILES string of the molecule is CCCN(Cc1cccc(C)n1)C(=O)COc1ccc2c(c1)n(CC)c(CNC(=O)c1nc(Cl)cnc1N)[n+]2CC. The second-order valence-corrected chi connectivity index (χ2v) is 9.93. The largest absolute Gasteiger partial charge is 0.484 e. The summed E-state index contributed by atoms with van der Waals surface area (Å²) in [6.45, 7) is 10.6. The van der Waals surface area contributed by atoms with Gasteiger partial charge in [0.1, 0.15) is 17.4 Å². The van der Waals surface area contributed by atoms with E-state index in [2.05, 4.69) is 29.4 Å². The molecule has 0 radical (unpaired) electrons. The number of benzene rings is 1. The average molecular weight is 580 g/mol. The molecule has 1 aromatic carbocycles. The standard InChI is InChI=1S/C29H35ClN8O3/c1-5-13-36(17-20-10-8-9-19(4)34-20)26(39)18-41-21-11-12-22-23(14-21)38(7-3)25(37(22)6-2)16-33-29(40)27-28(31)32-15-24(30)35-27/h8-12,14-15H,5-7,13,16-18H2,1-4H3,(H2-,31,32,33,40)/p+1. The van der Waals surface area contributed by atoms with Gasteiger partial charge in [0, 0.05) is 18.3 Å². The molecule has 0 fully saturated rings. The first-order chi connectivity index (χ1) is 19.7. The van der Waals surface area contributed by atoms with Gasteiger partial charge in [-0.05, 0) is 51.5 Å². The average Bonchev–Trinajstić information content (AvgIpc) is 3.27. The normalized spacial score (nSPS) is 11.0. The Morgan fingerprint density at radius 3 is 2.68 bits per heavy atom. The number of rotatable bonds is 12. The lowest BCUT2D eigenvalue weighted by molar-refractivity contribution is -0.676. The molecule has 0 saturated heterocycles. The van der Waals surface area contributed by atoms with E-state index in [4.69, 9.17) is 22.1 Å². The van der Waals surface area contributed by atoms with Crippen molar-refractivity contribution in [2.75, 3.05) is 18.9 Å². The maximum Gasteiger partial charge on any atom is 0.277 e. The number of halogens is 1. The number of nitrogens with zero attached hydrogens (tertiary/aromatic N) is 6. The molecule has 11 nitrogen and oxygen atoms in total. The van der Waals surface area contributed by atoms with E-state index in [1.54, 1.807) is 4.90 Å². The van der Waals surface area contributed by atoms with E-state index in [0.29, 0.717) is 31.9 Å². The zero-order valence-corrected chi connectivity index (χ0v) is 24.6. The van der Waals surface area contributed by atoms with Crippen LogP contribution in [0.4, 0.5) is 5.82 Å². The van der Waals surface area contributed by atoms with Gasteiger partial charge in [0.2, 0.25) is 0 Å². The number of carbonyl (C=O) groups is 2. The van der Waals surface area contributed by atoms with Crippen LogP contribution < -0.4 is 20.4 Å². The number of anilines is 1. The zero-order chi connectivity index (χ0) is 29.5. The molecule has 0 aliphatic carbocycles. The molecular formula is C29H36ClN8O3+. The lowest BCUT2D eigenvalue weighted by Crippen LogP contribution is -2.40. The van der Waals surface area contributed by atoms with Crippen molar-refractivity contribution >= 4 is 40.3 Å². The Morgan fingerprint density at radius 2 is 1.98 bits per heavy atom. The molecule has 4 rings (SSSR count). The number of amides is 2. The summed E-state index contributed by atoms with van der Waals surface area (Å²) in [6.07, 6.45) is 2.13. The van der Waals surface area contributed by atoms with E-state index in [-0.39, 0.29) is 35.7 Å². The van der Waals surface area contributed by atoms with E-state index in [1.165, 1.54) is 6.20 Å². The van der Waals surface area contributed by atoms with Crippen molar-refractivity contribution in [1.29, 1.82) is 0 Å². The fraction of sp³-hybridized carbons (Fsp3) is 0.379. The summed E-state index contributed by atoms with van der Waals surface area (Å²) >= 11 is 5.91. The molecule has 3 heterocycles. The first kappa shape index (κ1) is 29.7. The third-order valence-electron chi connectivity index (χ3n) is 6.68. The lowest BCUT2D eigenvalue weighted by atomic mass is 10.2. The van der Waals surface area contributed by atoms with Crippen LogP contribution in [0.15, 0.2) is 42.6 Å². The van der Waals surface area contributed by atoms with Gasteiger partial charge in [0.25, 0.3) is 17.6 Å². The molecule has 3 N–H and O–H groups in total. The first-order valence-corrected chi connectivity index (χ1v) is 14.1. The van der Waals surface area contributed by atoms with Crippen LogP contribution >= 0.6 is 11.6 Å². The van der Waals surface area contributed by atoms with E-state index < -0.39 is 5.91 Å². The molecular weight excluding hydrogens is 544 g/mol. The molecule has 216 valence electrons. The molecule has 0 aliphatic heterocycles. The Labute approximate surface area is 244 Å². The number of nitrogens with two attached hydrogens (primary N) is 1. The number of ether oxygens (including phenoxy) is 1. The summed E-state index contributed by atoms with van der Waals surface area (Å²) in [4.78, 5) is 40.1. The molecule has 0 saturated carbocycles. The molecule has 0 unspecified atom stereocenters. The van der Waals surface area contributed by atoms with Gasteiger partial charge >= 0.3 is 0 Å². The van der Waals surface area contributed by atoms with Gasteiger partial charge in [0.05, 0.1) is 31.5 Å². The van der Waals surface area contributed by atoms with Gasteiger partial charge in [-0.3, -0.25) is 14.6 Å². The summed E-state index contributed by atoms with van der Waals surface area (Å²) in [6, 6.07) is 11.6. The molecule has 12 heteroatoms. The van der Waals surface area contributed by atoms with Crippen molar-refractivity contribution in [3.8, 4) is 5.75 Å². The third-order valence-corrected chi connectivity index (χ3v) is 6.87. The van der Waals surface area contributed by atoms with Gasteiger partial charge in [-0.25, -0.2) is 19.1 Å². The number of nitrogens with one attached hydrogen (secondary N) is 1. The van der Waals surface area contributed by atoms with Crippen molar-refractivity contribution in [1.82, 2.24) is 29.7 Å². The van der Waals surface area contributed by atoms with Crippen molar-refractivity contribution in [2.45, 2.75) is 60.3 Å². The van der Waals surface area contributed by atoms with Gasteiger partial charge in [-0.1, -0.05) is 24.6 Å². The number of pyridine rings is 1. The van der Waals surface area contributed by atoms with Crippen LogP contribution in [0.5, 0.6) is 5.75 Å². The summed E-state index contributed by atoms with van der Waals surface area (Å²) in [5.41, 5.74) is 9.49. The molecule has 0 bridgehead atoms. The summed E-state index contributed by atoms with van der Waals surface area (Å²) < 4.78 is 10.2. The highest BCUT2D eigenvalue weighted by molar-refractivity contribution is 6.29. The van der Waals surface area contributed by atoms with Gasteiger partial charge in [-0.15, -0.1) is 0 Å². The Kier molecular flexibility index (Phi) is 9.72. The summed E-state index contributed by atoms with van der Waals surface area (Å²) in [5.74, 6) is 0.920. The fourth-order valence-corrected chi connectivity index (χ4v) is 4.96. The van der Waals surface area contributed by atoms with E-state index in [1.807, 2.05) is 64.1 Å². The van der Waals surface area contributed by atoms with Crippen LogP contribution in [0, 0.1) is 6.92 Å². The molecule has 0 spiro atoms. The lowest BCUT2D eigenvalue weighted by Gasteiger charge is -2.22. The zero-order valence-electron chi connectivity index (χ0n) is 23.9. The molecule has 2 amide bonds. The third kappa shape index (κ3) is 6.91. The van der Waals surface area contributed by atoms with E-state index in [9.17, 15) is 9.59 Å². The minimum absolute atomic E-state index is 0.00953. The van der Waals surface area contributed by atoms with Gasteiger partial charge in [-0.2, -0.15) is 0 Å². The Balaban J connectivity index is 1.51. The Morgan fingerprint density at radius 1 is 1.17 bits per heavy atom. The van der Waals surface area contributed by atoms with Crippen LogP contribution in [0.3, 0.4) is 0 Å². The summed E-state index contributed by atoms with van der Waals surface area (Å²) in [5, 5.41) is 2.98. The molecule has 0 atom stereocenters. The number of hydrogen-bond acceptors (Lipinski definition) is 7. The maximum atomic E-state index is 13.1.